The number of halogens is 1. The molecule has 0 aromatic heterocycles. The van der Waals surface area contributed by atoms with Crippen LogP contribution >= 0.6 is 0 Å². The lowest BCUT2D eigenvalue weighted by atomic mass is 10.1. The minimum atomic E-state index is -1.07. The van der Waals surface area contributed by atoms with Gasteiger partial charge in [-0.3, -0.25) is 0 Å². The Balaban J connectivity index is 2.51. The quantitative estimate of drug-likeness (QED) is 0.649. The van der Waals surface area contributed by atoms with E-state index in [1.54, 1.807) is 0 Å². The molecule has 0 saturated heterocycles. The van der Waals surface area contributed by atoms with E-state index in [2.05, 4.69) is 5.32 Å². The molecule has 0 aliphatic rings. The lowest BCUT2D eigenvalue weighted by Gasteiger charge is -2.09. The van der Waals surface area contributed by atoms with E-state index in [-0.39, 0.29) is 18.2 Å². The maximum Gasteiger partial charge on any atom is 0.335 e. The number of carbonyl (C=O) groups is 1. The van der Waals surface area contributed by atoms with Crippen LogP contribution in [0.15, 0.2) is 18.2 Å². The molecular formula is C13H18FNO3. The van der Waals surface area contributed by atoms with Crippen LogP contribution in [-0.4, -0.2) is 28.8 Å². The van der Waals surface area contributed by atoms with Crippen molar-refractivity contribution >= 4 is 5.97 Å². The fourth-order valence-corrected chi connectivity index (χ4v) is 1.54. The van der Waals surface area contributed by atoms with Crippen LogP contribution in [0.3, 0.4) is 0 Å². The Hall–Kier alpha value is -1.46. The number of carboxylic acid groups (broad SMARTS) is 1. The van der Waals surface area contributed by atoms with Crippen molar-refractivity contribution in [2.45, 2.75) is 32.4 Å². The van der Waals surface area contributed by atoms with Gasteiger partial charge in [-0.2, -0.15) is 0 Å². The van der Waals surface area contributed by atoms with Crippen LogP contribution in [-0.2, 0) is 6.54 Å². The van der Waals surface area contributed by atoms with Crippen LogP contribution in [0.4, 0.5) is 4.39 Å². The smallest absolute Gasteiger partial charge is 0.335 e. The van der Waals surface area contributed by atoms with Crippen LogP contribution in [0.25, 0.3) is 0 Å². The average molecular weight is 255 g/mol. The van der Waals surface area contributed by atoms with Crippen molar-refractivity contribution in [3.63, 3.8) is 0 Å². The number of aliphatic hydroxyl groups is 1. The minimum Gasteiger partial charge on any atom is -0.478 e. The maximum absolute atomic E-state index is 13.4. The van der Waals surface area contributed by atoms with Crippen LogP contribution < -0.4 is 5.32 Å². The number of hydrogen-bond acceptors (Lipinski definition) is 3. The van der Waals surface area contributed by atoms with E-state index >= 15 is 0 Å². The molecule has 5 heteroatoms. The SMILES string of the molecule is CCC(O)CCNCc1cc(C(=O)O)ccc1F. The second-order valence-corrected chi connectivity index (χ2v) is 4.14. The van der Waals surface area contributed by atoms with E-state index in [1.807, 2.05) is 6.92 Å². The summed E-state index contributed by atoms with van der Waals surface area (Å²) in [7, 11) is 0. The molecule has 1 atom stereocenters. The predicted molar refractivity (Wildman–Crippen MR) is 66.0 cm³/mol. The van der Waals surface area contributed by atoms with Crippen LogP contribution in [0.1, 0.15) is 35.7 Å². The number of aromatic carboxylic acids is 1. The Kier molecular flexibility index (Phi) is 5.74. The van der Waals surface area contributed by atoms with Gasteiger partial charge in [0.15, 0.2) is 0 Å². The highest BCUT2D eigenvalue weighted by atomic mass is 19.1. The van der Waals surface area contributed by atoms with Crippen LogP contribution in [0, 0.1) is 5.82 Å². The second kappa shape index (κ2) is 7.08. The highest BCUT2D eigenvalue weighted by Gasteiger charge is 2.08. The van der Waals surface area contributed by atoms with E-state index in [0.29, 0.717) is 24.9 Å². The molecule has 1 aromatic rings. The standard InChI is InChI=1S/C13H18FNO3/c1-2-11(16)5-6-15-8-10-7-9(13(17)18)3-4-12(10)14/h3-4,7,11,15-16H,2,5-6,8H2,1H3,(H,17,18). The van der Waals surface area contributed by atoms with E-state index in [1.165, 1.54) is 12.1 Å². The van der Waals surface area contributed by atoms with Gasteiger partial charge in [-0.05, 0) is 37.6 Å². The van der Waals surface area contributed by atoms with Gasteiger partial charge in [-0.15, -0.1) is 0 Å². The minimum absolute atomic E-state index is 0.0711. The monoisotopic (exact) mass is 255 g/mol. The van der Waals surface area contributed by atoms with Gasteiger partial charge in [0.2, 0.25) is 0 Å². The molecule has 0 fully saturated rings. The van der Waals surface area contributed by atoms with Crippen LogP contribution in [0.5, 0.6) is 0 Å². The number of benzene rings is 1. The number of carboxylic acids is 1. The second-order valence-electron chi connectivity index (χ2n) is 4.14. The first-order valence-electron chi connectivity index (χ1n) is 5.95. The molecule has 0 aliphatic heterocycles. The van der Waals surface area contributed by atoms with Crippen molar-refractivity contribution in [3.8, 4) is 0 Å². The summed E-state index contributed by atoms with van der Waals surface area (Å²) in [6, 6.07) is 3.71. The molecule has 100 valence electrons. The van der Waals surface area contributed by atoms with Crippen molar-refractivity contribution in [1.82, 2.24) is 5.32 Å². The van der Waals surface area contributed by atoms with Gasteiger partial charge in [-0.25, -0.2) is 9.18 Å². The fourth-order valence-electron chi connectivity index (χ4n) is 1.54. The molecular weight excluding hydrogens is 237 g/mol. The van der Waals surface area contributed by atoms with E-state index < -0.39 is 11.8 Å². The average Bonchev–Trinajstić information content (AvgIpc) is 2.35. The van der Waals surface area contributed by atoms with Crippen molar-refractivity contribution in [2.24, 2.45) is 0 Å². The van der Waals surface area contributed by atoms with Gasteiger partial charge in [-0.1, -0.05) is 6.92 Å². The lowest BCUT2D eigenvalue weighted by Crippen LogP contribution is -2.20. The van der Waals surface area contributed by atoms with E-state index in [9.17, 15) is 14.3 Å². The Morgan fingerprint density at radius 3 is 2.83 bits per heavy atom. The third-order valence-corrected chi connectivity index (χ3v) is 2.73. The zero-order valence-electron chi connectivity index (χ0n) is 10.3. The predicted octanol–water partition coefficient (Wildman–Crippen LogP) is 1.77. The van der Waals surface area contributed by atoms with Gasteiger partial charge >= 0.3 is 5.97 Å². The first-order valence-corrected chi connectivity index (χ1v) is 5.95. The Bertz CT molecular complexity index is 409. The third kappa shape index (κ3) is 4.43. The number of aliphatic hydroxyl groups excluding tert-OH is 1. The summed E-state index contributed by atoms with van der Waals surface area (Å²) >= 11 is 0. The molecule has 0 aliphatic carbocycles. The number of hydrogen-bond donors (Lipinski definition) is 3. The molecule has 0 spiro atoms. The number of rotatable bonds is 7. The molecule has 1 rings (SSSR count). The topological polar surface area (TPSA) is 69.6 Å². The molecule has 1 unspecified atom stereocenters. The largest absolute Gasteiger partial charge is 0.478 e. The highest BCUT2D eigenvalue weighted by molar-refractivity contribution is 5.87. The molecule has 0 saturated carbocycles. The zero-order chi connectivity index (χ0) is 13.5. The Labute approximate surface area is 105 Å². The molecule has 0 amide bonds. The summed E-state index contributed by atoms with van der Waals surface area (Å²) in [5.74, 6) is -1.50. The third-order valence-electron chi connectivity index (χ3n) is 2.73. The summed E-state index contributed by atoms with van der Waals surface area (Å²) < 4.78 is 13.4. The van der Waals surface area contributed by atoms with E-state index in [4.69, 9.17) is 5.11 Å². The van der Waals surface area contributed by atoms with E-state index in [0.717, 1.165) is 6.07 Å². The van der Waals surface area contributed by atoms with Gasteiger partial charge < -0.3 is 15.5 Å². The first kappa shape index (κ1) is 14.6. The molecule has 0 heterocycles. The van der Waals surface area contributed by atoms with Crippen molar-refractivity contribution in [2.75, 3.05) is 6.54 Å². The Morgan fingerprint density at radius 2 is 2.22 bits per heavy atom. The maximum atomic E-state index is 13.4. The van der Waals surface area contributed by atoms with Crippen molar-refractivity contribution in [3.05, 3.63) is 35.1 Å². The van der Waals surface area contributed by atoms with Gasteiger partial charge in [0.1, 0.15) is 5.82 Å². The molecule has 4 nitrogen and oxygen atoms in total. The summed E-state index contributed by atoms with van der Waals surface area (Å²) in [6.07, 6.45) is 0.925. The molecule has 18 heavy (non-hydrogen) atoms. The normalized spacial score (nSPS) is 12.4. The summed E-state index contributed by atoms with van der Waals surface area (Å²) in [5, 5.41) is 21.1. The molecule has 1 aromatic carbocycles. The summed E-state index contributed by atoms with van der Waals surface area (Å²) in [6.45, 7) is 2.70. The lowest BCUT2D eigenvalue weighted by molar-refractivity contribution is 0.0696. The molecule has 0 radical (unpaired) electrons. The summed E-state index contributed by atoms with van der Waals surface area (Å²) in [5.41, 5.74) is 0.391. The summed E-state index contributed by atoms with van der Waals surface area (Å²) in [4.78, 5) is 10.7. The van der Waals surface area contributed by atoms with Crippen molar-refractivity contribution in [1.29, 1.82) is 0 Å². The Morgan fingerprint density at radius 1 is 1.50 bits per heavy atom. The number of nitrogens with one attached hydrogen (secondary N) is 1. The van der Waals surface area contributed by atoms with Crippen LogP contribution in [0.2, 0.25) is 0 Å². The first-order chi connectivity index (χ1) is 8.54. The van der Waals surface area contributed by atoms with Crippen molar-refractivity contribution < 1.29 is 19.4 Å². The highest BCUT2D eigenvalue weighted by Crippen LogP contribution is 2.10. The fraction of sp³-hybridized carbons (Fsp3) is 0.462. The zero-order valence-corrected chi connectivity index (χ0v) is 10.3. The van der Waals surface area contributed by atoms with Gasteiger partial charge in [0.05, 0.1) is 11.7 Å². The van der Waals surface area contributed by atoms with Gasteiger partial charge in [0, 0.05) is 12.1 Å². The molecule has 0 bridgehead atoms. The van der Waals surface area contributed by atoms with Gasteiger partial charge in [0.25, 0.3) is 0 Å². The molecule has 3 N–H and O–H groups in total.